The molecule has 0 fully saturated rings. The minimum absolute atomic E-state index is 0.277. The molecule has 0 saturated heterocycles. The number of hydrogen-bond donors (Lipinski definition) is 4. The first-order valence-corrected chi connectivity index (χ1v) is 11.5. The predicted molar refractivity (Wildman–Crippen MR) is 117 cm³/mol. The lowest BCUT2D eigenvalue weighted by molar-refractivity contribution is 0.275. The van der Waals surface area contributed by atoms with Crippen LogP contribution in [0.5, 0.6) is 5.75 Å². The summed E-state index contributed by atoms with van der Waals surface area (Å²) in [6, 6.07) is 3.37. The van der Waals surface area contributed by atoms with Crippen molar-refractivity contribution in [3.8, 4) is 5.75 Å². The van der Waals surface area contributed by atoms with Gasteiger partial charge in [0.25, 0.3) is 0 Å². The maximum absolute atomic E-state index is 12.3. The summed E-state index contributed by atoms with van der Waals surface area (Å²) in [6.07, 6.45) is 2.24. The molecule has 4 N–H and O–H groups in total. The Kier molecular flexibility index (Phi) is 7.40. The Labute approximate surface area is 170 Å². The fourth-order valence-corrected chi connectivity index (χ4v) is 4.63. The standard InChI is InChI=1S/C22H38NO4P/c1-10-18(23-22(11-2,12-3)28(25,26)27)15-13-16(20(4,5)6)19(24)17(14-15)21(7,8)9/h10,13-14,18,23-24H,1,11-12H2,2-9H3,(H2,25,26,27). The van der Waals surface area contributed by atoms with E-state index in [2.05, 4.69) is 11.9 Å². The Morgan fingerprint density at radius 1 is 1.04 bits per heavy atom. The molecule has 0 bridgehead atoms. The summed E-state index contributed by atoms with van der Waals surface area (Å²) in [7, 11) is -4.40. The fourth-order valence-electron chi connectivity index (χ4n) is 3.50. The van der Waals surface area contributed by atoms with Crippen LogP contribution in [0.3, 0.4) is 0 Å². The number of hydrogen-bond acceptors (Lipinski definition) is 3. The van der Waals surface area contributed by atoms with Crippen LogP contribution in [-0.2, 0) is 15.4 Å². The maximum Gasteiger partial charge on any atom is 0.345 e. The van der Waals surface area contributed by atoms with E-state index >= 15 is 0 Å². The summed E-state index contributed by atoms with van der Waals surface area (Å²) in [5, 5.41) is 12.8. The number of aromatic hydroxyl groups is 1. The highest BCUT2D eigenvalue weighted by Gasteiger charge is 2.45. The van der Waals surface area contributed by atoms with E-state index in [1.54, 1.807) is 19.9 Å². The minimum atomic E-state index is -4.40. The van der Waals surface area contributed by atoms with Gasteiger partial charge in [0.05, 0.1) is 6.04 Å². The van der Waals surface area contributed by atoms with Crippen molar-refractivity contribution in [1.29, 1.82) is 0 Å². The van der Waals surface area contributed by atoms with E-state index in [1.807, 2.05) is 53.7 Å². The van der Waals surface area contributed by atoms with Gasteiger partial charge in [-0.2, -0.15) is 0 Å². The molecule has 28 heavy (non-hydrogen) atoms. The van der Waals surface area contributed by atoms with Crippen LogP contribution in [0.25, 0.3) is 0 Å². The topological polar surface area (TPSA) is 89.8 Å². The third kappa shape index (κ3) is 5.07. The quantitative estimate of drug-likeness (QED) is 0.351. The second kappa shape index (κ2) is 8.31. The summed E-state index contributed by atoms with van der Waals surface area (Å²) in [6.45, 7) is 19.6. The van der Waals surface area contributed by atoms with Crippen molar-refractivity contribution >= 4 is 7.60 Å². The third-order valence-corrected chi connectivity index (χ3v) is 7.37. The smallest absolute Gasteiger partial charge is 0.345 e. The average Bonchev–Trinajstić information content (AvgIpc) is 2.53. The molecule has 0 aromatic heterocycles. The van der Waals surface area contributed by atoms with Gasteiger partial charge in [0.2, 0.25) is 0 Å². The van der Waals surface area contributed by atoms with Gasteiger partial charge in [-0.15, -0.1) is 6.58 Å². The van der Waals surface area contributed by atoms with Crippen molar-refractivity contribution in [3.05, 3.63) is 41.5 Å². The largest absolute Gasteiger partial charge is 0.507 e. The lowest BCUT2D eigenvalue weighted by Gasteiger charge is -2.37. The van der Waals surface area contributed by atoms with E-state index in [0.717, 1.165) is 16.7 Å². The lowest BCUT2D eigenvalue weighted by atomic mass is 9.77. The molecule has 0 radical (unpaired) electrons. The van der Waals surface area contributed by atoms with Gasteiger partial charge in [0.15, 0.2) is 0 Å². The zero-order valence-electron chi connectivity index (χ0n) is 18.6. The van der Waals surface area contributed by atoms with Gasteiger partial charge >= 0.3 is 7.60 Å². The number of benzene rings is 1. The van der Waals surface area contributed by atoms with Crippen molar-refractivity contribution in [1.82, 2.24) is 5.32 Å². The summed E-state index contributed by atoms with van der Waals surface area (Å²) in [4.78, 5) is 20.0. The van der Waals surface area contributed by atoms with E-state index in [1.165, 1.54) is 0 Å². The summed E-state index contributed by atoms with van der Waals surface area (Å²) < 4.78 is 12.3. The molecule has 6 heteroatoms. The Morgan fingerprint density at radius 2 is 1.43 bits per heavy atom. The van der Waals surface area contributed by atoms with Crippen LogP contribution in [0.4, 0.5) is 0 Å². The predicted octanol–water partition coefficient (Wildman–Crippen LogP) is 5.50. The van der Waals surface area contributed by atoms with Crippen molar-refractivity contribution in [2.24, 2.45) is 0 Å². The van der Waals surface area contributed by atoms with E-state index in [-0.39, 0.29) is 29.4 Å². The van der Waals surface area contributed by atoms with Crippen LogP contribution in [-0.4, -0.2) is 20.2 Å². The molecule has 1 aromatic rings. The maximum atomic E-state index is 12.3. The van der Waals surface area contributed by atoms with Crippen molar-refractivity contribution in [3.63, 3.8) is 0 Å². The molecule has 1 atom stereocenters. The summed E-state index contributed by atoms with van der Waals surface area (Å²) in [5.41, 5.74) is 1.86. The van der Waals surface area contributed by atoms with Crippen LogP contribution in [0.2, 0.25) is 0 Å². The fraction of sp³-hybridized carbons (Fsp3) is 0.636. The number of nitrogens with one attached hydrogen (secondary N) is 1. The van der Waals surface area contributed by atoms with Crippen molar-refractivity contribution < 1.29 is 19.5 Å². The molecule has 0 spiro atoms. The molecule has 0 amide bonds. The zero-order chi connectivity index (χ0) is 22.1. The van der Waals surface area contributed by atoms with Crippen LogP contribution in [0.1, 0.15) is 91.0 Å². The van der Waals surface area contributed by atoms with Crippen molar-refractivity contribution in [2.75, 3.05) is 0 Å². The van der Waals surface area contributed by atoms with Crippen molar-refractivity contribution in [2.45, 2.75) is 90.4 Å². The van der Waals surface area contributed by atoms with Crippen LogP contribution in [0.15, 0.2) is 24.8 Å². The molecule has 1 unspecified atom stereocenters. The molecule has 160 valence electrons. The second-order valence-corrected chi connectivity index (χ2v) is 11.5. The van der Waals surface area contributed by atoms with E-state index < -0.39 is 18.9 Å². The summed E-state index contributed by atoms with van der Waals surface area (Å²) >= 11 is 0. The normalized spacial score (nSPS) is 14.8. The Balaban J connectivity index is 3.67. The first kappa shape index (κ1) is 24.9. The Morgan fingerprint density at radius 3 is 1.68 bits per heavy atom. The molecule has 0 aliphatic rings. The molecular formula is C22H38NO4P. The molecule has 1 aromatic carbocycles. The first-order chi connectivity index (χ1) is 12.5. The molecule has 0 aliphatic heterocycles. The van der Waals surface area contributed by atoms with Gasteiger partial charge in [0, 0.05) is 0 Å². The van der Waals surface area contributed by atoms with Gasteiger partial charge < -0.3 is 14.9 Å². The Bertz CT molecular complexity index is 714. The van der Waals surface area contributed by atoms with Crippen LogP contribution >= 0.6 is 7.60 Å². The van der Waals surface area contributed by atoms with E-state index in [0.29, 0.717) is 0 Å². The third-order valence-electron chi connectivity index (χ3n) is 5.49. The molecule has 5 nitrogen and oxygen atoms in total. The monoisotopic (exact) mass is 411 g/mol. The van der Waals surface area contributed by atoms with Gasteiger partial charge in [-0.3, -0.25) is 9.88 Å². The lowest BCUT2D eigenvalue weighted by Crippen LogP contribution is -2.45. The molecule has 0 heterocycles. The SMILES string of the molecule is C=CC(NC(CC)(CC)P(=O)(O)O)c1cc(C(C)(C)C)c(O)c(C(C)(C)C)c1. The number of phenols is 1. The molecular weight excluding hydrogens is 373 g/mol. The molecule has 1 rings (SSSR count). The minimum Gasteiger partial charge on any atom is -0.507 e. The highest BCUT2D eigenvalue weighted by atomic mass is 31.2. The van der Waals surface area contributed by atoms with E-state index in [9.17, 15) is 19.5 Å². The summed E-state index contributed by atoms with van der Waals surface area (Å²) in [5.74, 6) is 0.277. The van der Waals surface area contributed by atoms with Crippen LogP contribution in [0, 0.1) is 0 Å². The van der Waals surface area contributed by atoms with E-state index in [4.69, 9.17) is 0 Å². The second-order valence-electron chi connectivity index (χ2n) is 9.61. The first-order valence-electron chi connectivity index (χ1n) is 9.87. The number of phenolic OH excluding ortho intramolecular Hbond substituents is 1. The van der Waals surface area contributed by atoms with Gasteiger partial charge in [0.1, 0.15) is 11.0 Å². The number of rotatable bonds is 7. The highest BCUT2D eigenvalue weighted by Crippen LogP contribution is 2.54. The molecule has 0 aliphatic carbocycles. The van der Waals surface area contributed by atoms with Gasteiger partial charge in [-0.25, -0.2) is 0 Å². The van der Waals surface area contributed by atoms with Gasteiger partial charge in [-0.1, -0.05) is 61.5 Å². The average molecular weight is 412 g/mol. The highest BCUT2D eigenvalue weighted by molar-refractivity contribution is 7.53. The van der Waals surface area contributed by atoms with Crippen LogP contribution < -0.4 is 5.32 Å². The Hall–Kier alpha value is -1.13. The van der Waals surface area contributed by atoms with Gasteiger partial charge in [-0.05, 0) is 52.5 Å². The molecule has 0 saturated carbocycles. The zero-order valence-corrected chi connectivity index (χ0v) is 19.5.